The van der Waals surface area contributed by atoms with Gasteiger partial charge in [0.25, 0.3) is 0 Å². The molecule has 0 aromatic heterocycles. The molecule has 2 aliphatic rings. The number of hydrogen-bond donors (Lipinski definition) is 1. The number of ether oxygens (including phenoxy) is 2. The Morgan fingerprint density at radius 1 is 1.21 bits per heavy atom. The molecule has 8 heteroatoms. The van der Waals surface area contributed by atoms with Gasteiger partial charge < -0.3 is 14.8 Å². The molecule has 0 bridgehead atoms. The summed E-state index contributed by atoms with van der Waals surface area (Å²) in [5, 5.41) is 2.58. The van der Waals surface area contributed by atoms with Crippen LogP contribution in [0.3, 0.4) is 0 Å². The summed E-state index contributed by atoms with van der Waals surface area (Å²) < 4.78 is 34.3. The van der Waals surface area contributed by atoms with Crippen molar-refractivity contribution in [3.63, 3.8) is 0 Å². The van der Waals surface area contributed by atoms with Gasteiger partial charge in [0.1, 0.15) is 6.10 Å². The monoisotopic (exact) mass is 354 g/mol. The van der Waals surface area contributed by atoms with E-state index in [2.05, 4.69) is 10.2 Å². The third-order valence-corrected chi connectivity index (χ3v) is 6.26. The zero-order valence-electron chi connectivity index (χ0n) is 13.6. The van der Waals surface area contributed by atoms with Crippen molar-refractivity contribution in [2.45, 2.75) is 25.0 Å². The second-order valence-electron chi connectivity index (χ2n) is 6.18. The summed E-state index contributed by atoms with van der Waals surface area (Å²) in [6.45, 7) is 1.24. The zero-order valence-corrected chi connectivity index (χ0v) is 14.4. The molecule has 0 spiro atoms. The van der Waals surface area contributed by atoms with Crippen molar-refractivity contribution in [1.29, 1.82) is 0 Å². The molecule has 1 amide bonds. The molecular formula is C16H22N2O5S. The minimum atomic E-state index is -2.83. The van der Waals surface area contributed by atoms with Gasteiger partial charge in [0.05, 0.1) is 18.6 Å². The van der Waals surface area contributed by atoms with E-state index in [0.717, 1.165) is 12.8 Å². The Bertz CT molecular complexity index is 686. The van der Waals surface area contributed by atoms with Crippen LogP contribution in [0.5, 0.6) is 11.5 Å². The van der Waals surface area contributed by atoms with Crippen molar-refractivity contribution >= 4 is 21.9 Å². The summed E-state index contributed by atoms with van der Waals surface area (Å²) in [6.07, 6.45) is 2.49. The van der Waals surface area contributed by atoms with Gasteiger partial charge in [-0.1, -0.05) is 0 Å². The smallest absolute Gasteiger partial charge is 0.211 e. The van der Waals surface area contributed by atoms with Crippen LogP contribution in [-0.2, 0) is 14.6 Å². The highest BCUT2D eigenvalue weighted by molar-refractivity contribution is 7.91. The third kappa shape index (κ3) is 3.81. The Kier molecular flexibility index (Phi) is 4.96. The molecule has 1 aromatic carbocycles. The molecule has 0 atom stereocenters. The topological polar surface area (TPSA) is 84.9 Å². The number of benzene rings is 1. The molecule has 1 N–H and O–H groups in total. The van der Waals surface area contributed by atoms with E-state index < -0.39 is 9.84 Å². The van der Waals surface area contributed by atoms with Gasteiger partial charge in [-0.2, -0.15) is 0 Å². The number of rotatable bonds is 6. The number of carbonyl (C=O) groups excluding carboxylic acids is 1. The van der Waals surface area contributed by atoms with Gasteiger partial charge in [0, 0.05) is 43.7 Å². The molecule has 7 nitrogen and oxygen atoms in total. The van der Waals surface area contributed by atoms with Crippen LogP contribution in [0.2, 0.25) is 0 Å². The first-order chi connectivity index (χ1) is 11.5. The molecular weight excluding hydrogens is 332 g/mol. The first-order valence-corrected chi connectivity index (χ1v) is 9.82. The normalized spacial score (nSPS) is 26.2. The number of anilines is 1. The molecule has 0 unspecified atom stereocenters. The van der Waals surface area contributed by atoms with Crippen LogP contribution in [0.1, 0.15) is 12.8 Å². The van der Waals surface area contributed by atoms with Crippen LogP contribution in [0, 0.1) is 0 Å². The van der Waals surface area contributed by atoms with Gasteiger partial charge in [-0.05, 0) is 12.1 Å². The fraction of sp³-hybridized carbons (Fsp3) is 0.562. The molecule has 2 fully saturated rings. The lowest BCUT2D eigenvalue weighted by molar-refractivity contribution is -0.105. The van der Waals surface area contributed by atoms with Gasteiger partial charge in [-0.3, -0.25) is 9.69 Å². The fourth-order valence-electron chi connectivity index (χ4n) is 3.13. The van der Waals surface area contributed by atoms with Crippen LogP contribution >= 0.6 is 0 Å². The van der Waals surface area contributed by atoms with E-state index >= 15 is 0 Å². The molecule has 1 aliphatic carbocycles. The predicted molar refractivity (Wildman–Crippen MR) is 90.3 cm³/mol. The predicted octanol–water partition coefficient (Wildman–Crippen LogP) is 0.904. The van der Waals surface area contributed by atoms with Crippen molar-refractivity contribution in [1.82, 2.24) is 4.90 Å². The standard InChI is InChI=1S/C16H22N2O5S/c1-22-16-8-12(17-11-19)2-3-15(16)23-14-9-13(10-14)18-4-6-24(20,21)7-5-18/h2-3,8,11,13-14H,4-7,9-10H2,1H3,(H,17,19). The lowest BCUT2D eigenvalue weighted by Gasteiger charge is -2.44. The summed E-state index contributed by atoms with van der Waals surface area (Å²) in [5.74, 6) is 1.75. The van der Waals surface area contributed by atoms with E-state index in [1.807, 2.05) is 0 Å². The summed E-state index contributed by atoms with van der Waals surface area (Å²) >= 11 is 0. The van der Waals surface area contributed by atoms with Gasteiger partial charge >= 0.3 is 0 Å². The lowest BCUT2D eigenvalue weighted by atomic mass is 9.87. The van der Waals surface area contributed by atoms with Crippen molar-refractivity contribution < 1.29 is 22.7 Å². The van der Waals surface area contributed by atoms with E-state index in [4.69, 9.17) is 9.47 Å². The Hall–Kier alpha value is -1.80. The summed E-state index contributed by atoms with van der Waals surface area (Å²) in [4.78, 5) is 12.7. The van der Waals surface area contributed by atoms with E-state index in [9.17, 15) is 13.2 Å². The summed E-state index contributed by atoms with van der Waals surface area (Å²) in [5.41, 5.74) is 0.648. The molecule has 1 heterocycles. The average molecular weight is 354 g/mol. The van der Waals surface area contributed by atoms with E-state index in [1.54, 1.807) is 25.3 Å². The second-order valence-corrected chi connectivity index (χ2v) is 8.48. The quantitative estimate of drug-likeness (QED) is 0.764. The molecule has 24 heavy (non-hydrogen) atoms. The molecule has 0 radical (unpaired) electrons. The number of hydrogen-bond acceptors (Lipinski definition) is 6. The first-order valence-electron chi connectivity index (χ1n) is 8.00. The highest BCUT2D eigenvalue weighted by atomic mass is 32.2. The first kappa shape index (κ1) is 17.0. The lowest BCUT2D eigenvalue weighted by Crippen LogP contribution is -2.54. The SMILES string of the molecule is COc1cc(NC=O)ccc1OC1CC(N2CCS(=O)(=O)CC2)C1. The van der Waals surface area contributed by atoms with Crippen molar-refractivity contribution in [2.75, 3.05) is 37.0 Å². The Balaban J connectivity index is 1.53. The summed E-state index contributed by atoms with van der Waals surface area (Å²) in [6, 6.07) is 5.66. The largest absolute Gasteiger partial charge is 0.493 e. The van der Waals surface area contributed by atoms with E-state index in [1.165, 1.54) is 0 Å². The molecule has 1 aromatic rings. The Morgan fingerprint density at radius 3 is 2.54 bits per heavy atom. The number of methoxy groups -OCH3 is 1. The number of nitrogens with one attached hydrogen (secondary N) is 1. The number of carbonyl (C=O) groups is 1. The maximum absolute atomic E-state index is 11.5. The average Bonchev–Trinajstić information content (AvgIpc) is 2.52. The van der Waals surface area contributed by atoms with Gasteiger partial charge in [-0.25, -0.2) is 8.42 Å². The maximum Gasteiger partial charge on any atom is 0.211 e. The summed E-state index contributed by atoms with van der Waals surface area (Å²) in [7, 11) is -1.27. The number of amides is 1. The molecule has 132 valence electrons. The highest BCUT2D eigenvalue weighted by Crippen LogP contribution is 2.36. The van der Waals surface area contributed by atoms with Crippen molar-refractivity contribution in [3.05, 3.63) is 18.2 Å². The Labute approximate surface area is 141 Å². The van der Waals surface area contributed by atoms with Gasteiger partial charge in [0.15, 0.2) is 21.3 Å². The van der Waals surface area contributed by atoms with Crippen molar-refractivity contribution in [2.24, 2.45) is 0 Å². The van der Waals surface area contributed by atoms with E-state index in [0.29, 0.717) is 42.7 Å². The van der Waals surface area contributed by atoms with Gasteiger partial charge in [0.2, 0.25) is 6.41 Å². The van der Waals surface area contributed by atoms with Crippen molar-refractivity contribution in [3.8, 4) is 11.5 Å². The van der Waals surface area contributed by atoms with Crippen LogP contribution in [0.4, 0.5) is 5.69 Å². The number of nitrogens with zero attached hydrogens (tertiary/aromatic N) is 1. The maximum atomic E-state index is 11.5. The van der Waals surface area contributed by atoms with E-state index in [-0.39, 0.29) is 17.6 Å². The molecule has 1 saturated heterocycles. The van der Waals surface area contributed by atoms with Crippen LogP contribution in [0.25, 0.3) is 0 Å². The minimum Gasteiger partial charge on any atom is -0.493 e. The number of sulfone groups is 1. The highest BCUT2D eigenvalue weighted by Gasteiger charge is 2.37. The van der Waals surface area contributed by atoms with Crippen LogP contribution in [0.15, 0.2) is 18.2 Å². The zero-order chi connectivity index (χ0) is 17.2. The third-order valence-electron chi connectivity index (χ3n) is 4.65. The molecule has 3 rings (SSSR count). The fourth-order valence-corrected chi connectivity index (χ4v) is 4.36. The molecule has 1 saturated carbocycles. The van der Waals surface area contributed by atoms with Crippen LogP contribution < -0.4 is 14.8 Å². The second kappa shape index (κ2) is 6.98. The molecule has 1 aliphatic heterocycles. The van der Waals surface area contributed by atoms with Crippen LogP contribution in [-0.4, -0.2) is 63.6 Å². The Morgan fingerprint density at radius 2 is 1.92 bits per heavy atom. The van der Waals surface area contributed by atoms with Gasteiger partial charge in [-0.15, -0.1) is 0 Å². The minimum absolute atomic E-state index is 0.104.